The lowest BCUT2D eigenvalue weighted by Gasteiger charge is -2.32. The average molecular weight is 421 g/mol. The quantitative estimate of drug-likeness (QED) is 0.716. The summed E-state index contributed by atoms with van der Waals surface area (Å²) < 4.78 is 16.7. The van der Waals surface area contributed by atoms with Crippen molar-refractivity contribution in [2.45, 2.75) is 38.1 Å². The van der Waals surface area contributed by atoms with Crippen molar-refractivity contribution in [1.82, 2.24) is 0 Å². The van der Waals surface area contributed by atoms with Crippen LogP contribution in [0.25, 0.3) is 0 Å². The molecule has 2 N–H and O–H groups in total. The van der Waals surface area contributed by atoms with Crippen molar-refractivity contribution in [2.75, 3.05) is 20.3 Å². The Labute approximate surface area is 175 Å². The number of carbonyl (C=O) groups excluding carboxylic acids is 1. The number of benzene rings is 2. The Kier molecular flexibility index (Phi) is 7.14. The fourth-order valence-electron chi connectivity index (χ4n) is 3.46. The SMILES string of the molecule is CCOc1ccc(Cc2cc([C@H]3CC(O)C(=O)[C@@H](CO)O3)c(OC)cc2Cl)cc1. The maximum atomic E-state index is 11.9. The number of rotatable bonds is 7. The molecule has 0 amide bonds. The summed E-state index contributed by atoms with van der Waals surface area (Å²) in [6.07, 6.45) is -2.17. The zero-order valence-corrected chi connectivity index (χ0v) is 17.2. The van der Waals surface area contributed by atoms with Crippen molar-refractivity contribution in [1.29, 1.82) is 0 Å². The molecule has 0 spiro atoms. The third-order valence-corrected chi connectivity index (χ3v) is 5.30. The van der Waals surface area contributed by atoms with E-state index in [1.807, 2.05) is 37.3 Å². The van der Waals surface area contributed by atoms with Gasteiger partial charge in [0.15, 0.2) is 5.78 Å². The molecule has 3 rings (SSSR count). The average Bonchev–Trinajstić information content (AvgIpc) is 2.72. The van der Waals surface area contributed by atoms with E-state index in [4.69, 9.17) is 25.8 Å². The monoisotopic (exact) mass is 420 g/mol. The van der Waals surface area contributed by atoms with Gasteiger partial charge in [-0.15, -0.1) is 0 Å². The summed E-state index contributed by atoms with van der Waals surface area (Å²) in [5.41, 5.74) is 2.60. The summed E-state index contributed by atoms with van der Waals surface area (Å²) in [5.74, 6) is 0.807. The number of hydrogen-bond acceptors (Lipinski definition) is 6. The van der Waals surface area contributed by atoms with E-state index in [1.54, 1.807) is 6.07 Å². The molecule has 3 atom stereocenters. The van der Waals surface area contributed by atoms with Gasteiger partial charge in [-0.05, 0) is 48.7 Å². The number of hydrogen-bond donors (Lipinski definition) is 2. The highest BCUT2D eigenvalue weighted by Gasteiger charge is 2.37. The molecule has 1 fully saturated rings. The number of carbonyl (C=O) groups is 1. The maximum absolute atomic E-state index is 11.9. The summed E-state index contributed by atoms with van der Waals surface area (Å²) in [6, 6.07) is 11.4. The van der Waals surface area contributed by atoms with Crippen molar-refractivity contribution < 1.29 is 29.2 Å². The standard InChI is InChI=1S/C22H25ClO6/c1-3-28-15-6-4-13(5-7-15)8-14-9-16(19(27-2)10-17(14)23)20-11-18(25)22(26)21(12-24)29-20/h4-7,9-10,18,20-21,24-25H,3,8,11-12H2,1-2H3/t18?,20-,21-/m1/s1. The molecule has 156 valence electrons. The molecule has 6 nitrogen and oxygen atoms in total. The number of ether oxygens (including phenoxy) is 3. The van der Waals surface area contributed by atoms with Crippen molar-refractivity contribution in [3.63, 3.8) is 0 Å². The van der Waals surface area contributed by atoms with Gasteiger partial charge in [-0.3, -0.25) is 4.79 Å². The van der Waals surface area contributed by atoms with Crippen LogP contribution in [0.2, 0.25) is 5.02 Å². The summed E-state index contributed by atoms with van der Waals surface area (Å²) in [4.78, 5) is 11.9. The van der Waals surface area contributed by atoms with Gasteiger partial charge in [-0.25, -0.2) is 0 Å². The highest BCUT2D eigenvalue weighted by atomic mass is 35.5. The lowest BCUT2D eigenvalue weighted by molar-refractivity contribution is -0.162. The van der Waals surface area contributed by atoms with Crippen LogP contribution in [0.4, 0.5) is 0 Å². The summed E-state index contributed by atoms with van der Waals surface area (Å²) in [5, 5.41) is 20.0. The fourth-order valence-corrected chi connectivity index (χ4v) is 3.68. The minimum atomic E-state index is -1.19. The van der Waals surface area contributed by atoms with Gasteiger partial charge in [-0.2, -0.15) is 0 Å². The molecule has 0 radical (unpaired) electrons. The minimum absolute atomic E-state index is 0.0931. The first-order chi connectivity index (χ1) is 14.0. The second kappa shape index (κ2) is 9.59. The molecular weight excluding hydrogens is 396 g/mol. The molecule has 2 aromatic rings. The highest BCUT2D eigenvalue weighted by Crippen LogP contribution is 2.38. The molecule has 1 aliphatic heterocycles. The number of aliphatic hydroxyl groups excluding tert-OH is 2. The van der Waals surface area contributed by atoms with Gasteiger partial charge in [-0.1, -0.05) is 23.7 Å². The van der Waals surface area contributed by atoms with Gasteiger partial charge in [0.1, 0.15) is 23.7 Å². The number of methoxy groups -OCH3 is 1. The second-order valence-electron chi connectivity index (χ2n) is 6.89. The van der Waals surface area contributed by atoms with Crippen LogP contribution in [0, 0.1) is 0 Å². The Morgan fingerprint density at radius 2 is 1.97 bits per heavy atom. The Morgan fingerprint density at radius 3 is 2.59 bits per heavy atom. The van der Waals surface area contributed by atoms with E-state index in [0.29, 0.717) is 29.4 Å². The van der Waals surface area contributed by atoms with Crippen LogP contribution < -0.4 is 9.47 Å². The molecule has 0 saturated carbocycles. The number of ketones is 1. The van der Waals surface area contributed by atoms with E-state index in [9.17, 15) is 15.0 Å². The van der Waals surface area contributed by atoms with Crippen molar-refractivity contribution >= 4 is 17.4 Å². The van der Waals surface area contributed by atoms with Gasteiger partial charge >= 0.3 is 0 Å². The normalized spacial score (nSPS) is 21.8. The van der Waals surface area contributed by atoms with Crippen LogP contribution in [-0.4, -0.2) is 48.5 Å². The Balaban J connectivity index is 1.89. The lowest BCUT2D eigenvalue weighted by atomic mass is 9.92. The van der Waals surface area contributed by atoms with E-state index in [2.05, 4.69) is 0 Å². The summed E-state index contributed by atoms with van der Waals surface area (Å²) in [7, 11) is 1.52. The zero-order valence-electron chi connectivity index (χ0n) is 16.4. The molecular formula is C22H25ClO6. The minimum Gasteiger partial charge on any atom is -0.496 e. The largest absolute Gasteiger partial charge is 0.496 e. The molecule has 1 saturated heterocycles. The lowest BCUT2D eigenvalue weighted by Crippen LogP contribution is -2.43. The molecule has 0 aromatic heterocycles. The maximum Gasteiger partial charge on any atom is 0.192 e. The molecule has 29 heavy (non-hydrogen) atoms. The van der Waals surface area contributed by atoms with Crippen LogP contribution in [-0.2, 0) is 16.0 Å². The van der Waals surface area contributed by atoms with Crippen LogP contribution in [0.5, 0.6) is 11.5 Å². The third-order valence-electron chi connectivity index (χ3n) is 4.95. The molecule has 1 heterocycles. The predicted octanol–water partition coefficient (Wildman–Crippen LogP) is 3.09. The fraction of sp³-hybridized carbons (Fsp3) is 0.409. The molecule has 0 bridgehead atoms. The van der Waals surface area contributed by atoms with Crippen LogP contribution in [0.15, 0.2) is 36.4 Å². The van der Waals surface area contributed by atoms with Gasteiger partial charge in [0.05, 0.1) is 26.4 Å². The first-order valence-corrected chi connectivity index (χ1v) is 9.90. The first-order valence-electron chi connectivity index (χ1n) is 9.53. The van der Waals surface area contributed by atoms with E-state index < -0.39 is 30.7 Å². The van der Waals surface area contributed by atoms with Gasteiger partial charge in [0.2, 0.25) is 0 Å². The zero-order chi connectivity index (χ0) is 21.0. The second-order valence-corrected chi connectivity index (χ2v) is 7.30. The Morgan fingerprint density at radius 1 is 1.24 bits per heavy atom. The number of aliphatic hydroxyl groups is 2. The van der Waals surface area contributed by atoms with Gasteiger partial charge < -0.3 is 24.4 Å². The predicted molar refractivity (Wildman–Crippen MR) is 109 cm³/mol. The summed E-state index contributed by atoms with van der Waals surface area (Å²) in [6.45, 7) is 2.06. The van der Waals surface area contributed by atoms with Crippen LogP contribution in [0.1, 0.15) is 36.1 Å². The van der Waals surface area contributed by atoms with E-state index in [1.165, 1.54) is 7.11 Å². The topological polar surface area (TPSA) is 85.2 Å². The molecule has 0 aliphatic carbocycles. The highest BCUT2D eigenvalue weighted by molar-refractivity contribution is 6.31. The molecule has 1 aliphatic rings. The van der Waals surface area contributed by atoms with Crippen molar-refractivity contribution in [3.8, 4) is 11.5 Å². The van der Waals surface area contributed by atoms with E-state index >= 15 is 0 Å². The van der Waals surface area contributed by atoms with Crippen LogP contribution >= 0.6 is 11.6 Å². The van der Waals surface area contributed by atoms with Crippen molar-refractivity contribution in [3.05, 3.63) is 58.1 Å². The van der Waals surface area contributed by atoms with E-state index in [0.717, 1.165) is 16.9 Å². The van der Waals surface area contributed by atoms with Crippen LogP contribution in [0.3, 0.4) is 0 Å². The van der Waals surface area contributed by atoms with E-state index in [-0.39, 0.29) is 6.42 Å². The first kappa shape index (κ1) is 21.6. The number of halogens is 1. The van der Waals surface area contributed by atoms with Gasteiger partial charge in [0.25, 0.3) is 0 Å². The Bertz CT molecular complexity index is 851. The Hall–Kier alpha value is -2.12. The molecule has 1 unspecified atom stereocenters. The molecule has 7 heteroatoms. The third kappa shape index (κ3) is 4.90. The smallest absolute Gasteiger partial charge is 0.192 e. The van der Waals surface area contributed by atoms with Gasteiger partial charge in [0, 0.05) is 17.0 Å². The summed E-state index contributed by atoms with van der Waals surface area (Å²) >= 11 is 6.47. The molecule has 2 aromatic carbocycles. The number of Topliss-reactive ketones (excluding diaryl/α,β-unsaturated/α-hetero) is 1. The van der Waals surface area contributed by atoms with Crippen molar-refractivity contribution in [2.24, 2.45) is 0 Å².